The second-order valence-corrected chi connectivity index (χ2v) is 5.90. The fraction of sp³-hybridized carbons (Fsp3) is 0.667. The molecule has 0 aromatic carbocycles. The van der Waals surface area contributed by atoms with Crippen molar-refractivity contribution in [2.24, 2.45) is 0 Å². The van der Waals surface area contributed by atoms with Gasteiger partial charge < -0.3 is 15.5 Å². The fourth-order valence-electron chi connectivity index (χ4n) is 2.81. The highest BCUT2D eigenvalue weighted by Crippen LogP contribution is 2.16. The van der Waals surface area contributed by atoms with Gasteiger partial charge >= 0.3 is 5.69 Å². The summed E-state index contributed by atoms with van der Waals surface area (Å²) in [5.74, 6) is 0.329. The minimum Gasteiger partial charge on any atom is -0.383 e. The van der Waals surface area contributed by atoms with Crippen LogP contribution in [0.2, 0.25) is 0 Å². The van der Waals surface area contributed by atoms with Crippen LogP contribution in [0.3, 0.4) is 0 Å². The molecule has 0 bridgehead atoms. The van der Waals surface area contributed by atoms with Gasteiger partial charge in [0.15, 0.2) is 0 Å². The smallest absolute Gasteiger partial charge is 0.330 e. The van der Waals surface area contributed by atoms with Crippen LogP contribution >= 0.6 is 0 Å². The van der Waals surface area contributed by atoms with Gasteiger partial charge in [-0.15, -0.1) is 0 Å². The molecule has 8 nitrogen and oxygen atoms in total. The first-order valence-electron chi connectivity index (χ1n) is 8.07. The Labute approximate surface area is 134 Å². The van der Waals surface area contributed by atoms with Gasteiger partial charge in [0.2, 0.25) is 5.91 Å². The number of aromatic nitrogens is 2. The normalized spacial score (nSPS) is 14.5. The van der Waals surface area contributed by atoms with Crippen molar-refractivity contribution in [1.82, 2.24) is 14.5 Å². The van der Waals surface area contributed by atoms with Crippen LogP contribution < -0.4 is 21.9 Å². The van der Waals surface area contributed by atoms with E-state index in [1.165, 1.54) is 4.57 Å². The molecule has 0 aliphatic carbocycles. The molecule has 0 saturated carbocycles. The molecule has 0 radical (unpaired) electrons. The molecule has 1 amide bonds. The molecule has 128 valence electrons. The first-order chi connectivity index (χ1) is 11.0. The number of hydrogen-bond donors (Lipinski definition) is 2. The Bertz CT molecular complexity index is 679. The maximum absolute atomic E-state index is 12.1. The van der Waals surface area contributed by atoms with E-state index in [4.69, 9.17) is 5.73 Å². The average molecular weight is 323 g/mol. The van der Waals surface area contributed by atoms with E-state index >= 15 is 0 Å². The van der Waals surface area contributed by atoms with E-state index in [0.29, 0.717) is 26.1 Å². The van der Waals surface area contributed by atoms with Crippen LogP contribution in [0.25, 0.3) is 0 Å². The number of amides is 1. The van der Waals surface area contributed by atoms with E-state index in [1.54, 1.807) is 16.8 Å². The molecule has 1 aromatic rings. The Morgan fingerprint density at radius 2 is 2.00 bits per heavy atom. The van der Waals surface area contributed by atoms with Gasteiger partial charge in [-0.1, -0.05) is 13.3 Å². The molecule has 2 rings (SSSR count). The quantitative estimate of drug-likeness (QED) is 0.733. The second kappa shape index (κ2) is 7.34. The van der Waals surface area contributed by atoms with Crippen molar-refractivity contribution in [2.75, 3.05) is 37.3 Å². The molecule has 1 saturated heterocycles. The van der Waals surface area contributed by atoms with Crippen molar-refractivity contribution in [1.29, 1.82) is 0 Å². The number of likely N-dealkylation sites (tertiary alicyclic amines) is 1. The van der Waals surface area contributed by atoms with Gasteiger partial charge in [0.25, 0.3) is 5.56 Å². The minimum absolute atomic E-state index is 0.146. The van der Waals surface area contributed by atoms with E-state index in [9.17, 15) is 14.4 Å². The third-order valence-electron chi connectivity index (χ3n) is 4.21. The van der Waals surface area contributed by atoms with Gasteiger partial charge in [-0.05, 0) is 12.8 Å². The topological polar surface area (TPSA) is 104 Å². The summed E-state index contributed by atoms with van der Waals surface area (Å²) in [6.07, 6.45) is 3.20. The number of H-pyrrole nitrogens is 1. The number of hydrogen-bond acceptors (Lipinski definition) is 5. The number of likely N-dealkylation sites (N-methyl/N-ethyl adjacent to an activating group) is 1. The molecule has 23 heavy (non-hydrogen) atoms. The number of anilines is 2. The van der Waals surface area contributed by atoms with E-state index in [0.717, 1.165) is 25.8 Å². The van der Waals surface area contributed by atoms with Crippen LogP contribution in [-0.2, 0) is 11.3 Å². The summed E-state index contributed by atoms with van der Waals surface area (Å²) in [5, 5.41) is 0. The Hall–Kier alpha value is -2.25. The minimum atomic E-state index is -0.490. The van der Waals surface area contributed by atoms with E-state index in [-0.39, 0.29) is 17.4 Å². The summed E-state index contributed by atoms with van der Waals surface area (Å²) in [6, 6.07) is 0. The standard InChI is InChI=1S/C15H25N5O3/c1-3-4-8-20-13(16)12(14(22)17-15(20)23)18(2)9-10-19-7-5-6-11(19)21/h3-10,16H2,1-2H3,(H,17,22,23). The molecule has 1 aromatic heterocycles. The lowest BCUT2D eigenvalue weighted by Crippen LogP contribution is -2.40. The molecule has 0 atom stereocenters. The van der Waals surface area contributed by atoms with Crippen LogP contribution in [-0.4, -0.2) is 47.0 Å². The fourth-order valence-corrected chi connectivity index (χ4v) is 2.81. The lowest BCUT2D eigenvalue weighted by atomic mass is 10.3. The summed E-state index contributed by atoms with van der Waals surface area (Å²) in [4.78, 5) is 41.5. The molecule has 1 aliphatic rings. The van der Waals surface area contributed by atoms with Crippen molar-refractivity contribution < 1.29 is 4.79 Å². The molecular formula is C15H25N5O3. The van der Waals surface area contributed by atoms with E-state index in [1.807, 2.05) is 6.92 Å². The number of unbranched alkanes of at least 4 members (excludes halogenated alkanes) is 1. The molecule has 8 heteroatoms. The number of carbonyl (C=O) groups excluding carboxylic acids is 1. The first-order valence-corrected chi connectivity index (χ1v) is 8.07. The second-order valence-electron chi connectivity index (χ2n) is 5.90. The maximum atomic E-state index is 12.1. The van der Waals surface area contributed by atoms with Gasteiger partial charge in [0.1, 0.15) is 11.5 Å². The summed E-state index contributed by atoms with van der Waals surface area (Å²) in [7, 11) is 1.75. The lowest BCUT2D eigenvalue weighted by Gasteiger charge is -2.24. The lowest BCUT2D eigenvalue weighted by molar-refractivity contribution is -0.127. The third-order valence-corrected chi connectivity index (χ3v) is 4.21. The number of nitrogens with two attached hydrogens (primary N) is 1. The van der Waals surface area contributed by atoms with Gasteiger partial charge in [-0.25, -0.2) is 4.79 Å². The molecule has 1 fully saturated rings. The number of nitrogen functional groups attached to an aromatic ring is 1. The summed E-state index contributed by atoms with van der Waals surface area (Å²) >= 11 is 0. The van der Waals surface area contributed by atoms with Crippen LogP contribution in [0, 0.1) is 0 Å². The van der Waals surface area contributed by atoms with Crippen LogP contribution in [0.15, 0.2) is 9.59 Å². The van der Waals surface area contributed by atoms with Crippen molar-refractivity contribution in [3.8, 4) is 0 Å². The monoisotopic (exact) mass is 323 g/mol. The highest BCUT2D eigenvalue weighted by atomic mass is 16.2. The Morgan fingerprint density at radius 1 is 1.26 bits per heavy atom. The average Bonchev–Trinajstić information content (AvgIpc) is 2.90. The zero-order valence-corrected chi connectivity index (χ0v) is 13.8. The van der Waals surface area contributed by atoms with Crippen LogP contribution in [0.5, 0.6) is 0 Å². The van der Waals surface area contributed by atoms with Crippen LogP contribution in [0.1, 0.15) is 32.6 Å². The van der Waals surface area contributed by atoms with Crippen molar-refractivity contribution >= 4 is 17.4 Å². The van der Waals surface area contributed by atoms with Gasteiger partial charge in [-0.3, -0.25) is 19.1 Å². The number of aromatic amines is 1. The van der Waals surface area contributed by atoms with Gasteiger partial charge in [0.05, 0.1) is 0 Å². The Morgan fingerprint density at radius 3 is 2.61 bits per heavy atom. The number of rotatable bonds is 7. The molecule has 2 heterocycles. The van der Waals surface area contributed by atoms with Crippen molar-refractivity contribution in [3.05, 3.63) is 20.8 Å². The van der Waals surface area contributed by atoms with Gasteiger partial charge in [0, 0.05) is 39.6 Å². The molecule has 1 aliphatic heterocycles. The summed E-state index contributed by atoms with van der Waals surface area (Å²) in [5.41, 5.74) is 5.37. The largest absolute Gasteiger partial charge is 0.383 e. The zero-order valence-electron chi connectivity index (χ0n) is 13.8. The molecular weight excluding hydrogens is 298 g/mol. The molecule has 3 N–H and O–H groups in total. The summed E-state index contributed by atoms with van der Waals surface area (Å²) < 4.78 is 1.40. The predicted octanol–water partition coefficient (Wildman–Crippen LogP) is -0.0225. The number of nitrogens with zero attached hydrogens (tertiary/aromatic N) is 3. The van der Waals surface area contributed by atoms with Crippen molar-refractivity contribution in [2.45, 2.75) is 39.2 Å². The maximum Gasteiger partial charge on any atom is 0.330 e. The molecule has 0 spiro atoms. The van der Waals surface area contributed by atoms with Gasteiger partial charge in [-0.2, -0.15) is 0 Å². The van der Waals surface area contributed by atoms with Crippen molar-refractivity contribution in [3.63, 3.8) is 0 Å². The molecule has 0 unspecified atom stereocenters. The number of carbonyl (C=O) groups is 1. The highest BCUT2D eigenvalue weighted by Gasteiger charge is 2.21. The number of nitrogens with one attached hydrogen (secondary N) is 1. The third kappa shape index (κ3) is 3.75. The van der Waals surface area contributed by atoms with Crippen LogP contribution in [0.4, 0.5) is 11.5 Å². The zero-order chi connectivity index (χ0) is 17.0. The SMILES string of the molecule is CCCCn1c(N)c(N(C)CCN2CCCC2=O)c(=O)[nH]c1=O. The Balaban J connectivity index is 2.18. The predicted molar refractivity (Wildman–Crippen MR) is 89.7 cm³/mol. The van der Waals surface area contributed by atoms with E-state index in [2.05, 4.69) is 4.98 Å². The highest BCUT2D eigenvalue weighted by molar-refractivity contribution is 5.78. The first kappa shape index (κ1) is 17.1. The van der Waals surface area contributed by atoms with E-state index < -0.39 is 11.2 Å². The Kier molecular flexibility index (Phi) is 5.46. The summed E-state index contributed by atoms with van der Waals surface area (Å²) in [6.45, 7) is 4.29.